The van der Waals surface area contributed by atoms with Crippen molar-refractivity contribution in [2.75, 3.05) is 0 Å². The smallest absolute Gasteiger partial charge is 0.297 e. The molecule has 122 valence electrons. The Bertz CT molecular complexity index is 971. The third-order valence-electron chi connectivity index (χ3n) is 4.13. The molecule has 3 N–H and O–H groups in total. The summed E-state index contributed by atoms with van der Waals surface area (Å²) in [5, 5.41) is 7.78. The van der Waals surface area contributed by atoms with Gasteiger partial charge in [0, 0.05) is 7.05 Å². The molecule has 1 aliphatic carbocycles. The van der Waals surface area contributed by atoms with Crippen LogP contribution in [0.3, 0.4) is 0 Å². The van der Waals surface area contributed by atoms with Crippen molar-refractivity contribution in [1.82, 2.24) is 9.36 Å². The Morgan fingerprint density at radius 2 is 1.79 bits per heavy atom. The van der Waals surface area contributed by atoms with Crippen molar-refractivity contribution >= 4 is 17.1 Å². The van der Waals surface area contributed by atoms with Gasteiger partial charge in [-0.05, 0) is 43.7 Å². The quantitative estimate of drug-likeness (QED) is 0.832. The van der Waals surface area contributed by atoms with Gasteiger partial charge in [-0.15, -0.1) is 0 Å². The van der Waals surface area contributed by atoms with Gasteiger partial charge in [0.05, 0.1) is 28.5 Å². The lowest BCUT2D eigenvalue weighted by Crippen LogP contribution is -2.20. The molecule has 6 nitrogen and oxygen atoms in total. The van der Waals surface area contributed by atoms with Crippen LogP contribution in [0.4, 0.5) is 5.69 Å². The maximum absolute atomic E-state index is 12.8. The van der Waals surface area contributed by atoms with Crippen molar-refractivity contribution < 1.29 is 0 Å². The van der Waals surface area contributed by atoms with Gasteiger partial charge in [0.25, 0.3) is 5.56 Å². The van der Waals surface area contributed by atoms with Crippen LogP contribution in [0.5, 0.6) is 0 Å². The highest BCUT2D eigenvalue weighted by Gasteiger charge is 2.18. The number of aromatic nitrogens is 2. The Kier molecular flexibility index (Phi) is 3.81. The molecular weight excluding hydrogens is 302 g/mol. The Labute approximate surface area is 139 Å². The van der Waals surface area contributed by atoms with E-state index in [9.17, 15) is 4.79 Å². The average molecular weight is 321 g/mol. The van der Waals surface area contributed by atoms with Crippen LogP contribution in [0.1, 0.15) is 12.6 Å². The van der Waals surface area contributed by atoms with E-state index >= 15 is 0 Å². The molecule has 0 atom stereocenters. The lowest BCUT2D eigenvalue weighted by Gasteiger charge is -2.10. The van der Waals surface area contributed by atoms with E-state index in [2.05, 4.69) is 4.99 Å². The molecule has 24 heavy (non-hydrogen) atoms. The molecule has 0 unspecified atom stereocenters. The highest BCUT2D eigenvalue weighted by molar-refractivity contribution is 6.22. The summed E-state index contributed by atoms with van der Waals surface area (Å²) in [6.45, 7) is 3.67. The molecule has 0 aliphatic heterocycles. The number of nitrogens with one attached hydrogen (secondary N) is 1. The zero-order chi connectivity index (χ0) is 17.4. The number of allylic oxidation sites excluding steroid dienone is 3. The lowest BCUT2D eigenvalue weighted by molar-refractivity contribution is 0.630. The highest BCUT2D eigenvalue weighted by atomic mass is 16.1. The number of para-hydroxylation sites is 1. The minimum absolute atomic E-state index is 0.201. The molecule has 0 bridgehead atoms. The molecule has 1 heterocycles. The maximum Gasteiger partial charge on any atom is 0.297 e. The van der Waals surface area contributed by atoms with Gasteiger partial charge in [0.2, 0.25) is 0 Å². The molecule has 0 saturated heterocycles. The van der Waals surface area contributed by atoms with Gasteiger partial charge in [-0.25, -0.2) is 9.67 Å². The van der Waals surface area contributed by atoms with Gasteiger partial charge in [-0.3, -0.25) is 9.48 Å². The maximum atomic E-state index is 12.8. The SMILES string of the molecule is CC1=CC(=Nc2c(C)n(C)n(-c3ccccc3)c2=O)C(N)=CC1=N. The molecule has 0 saturated carbocycles. The molecule has 0 radical (unpaired) electrons. The molecule has 3 rings (SSSR count). The van der Waals surface area contributed by atoms with E-state index in [1.165, 1.54) is 0 Å². The average Bonchev–Trinajstić information content (AvgIpc) is 2.77. The number of nitrogens with zero attached hydrogens (tertiary/aromatic N) is 3. The topological polar surface area (TPSA) is 89.2 Å². The van der Waals surface area contributed by atoms with Crippen molar-refractivity contribution in [1.29, 1.82) is 5.41 Å². The first-order valence-corrected chi connectivity index (χ1v) is 7.57. The van der Waals surface area contributed by atoms with E-state index in [0.29, 0.717) is 22.8 Å². The van der Waals surface area contributed by atoms with Gasteiger partial charge in [0.1, 0.15) is 0 Å². The summed E-state index contributed by atoms with van der Waals surface area (Å²) in [6.07, 6.45) is 3.29. The summed E-state index contributed by atoms with van der Waals surface area (Å²) < 4.78 is 3.36. The molecule has 1 aromatic heterocycles. The summed E-state index contributed by atoms with van der Waals surface area (Å²) in [6, 6.07) is 9.42. The largest absolute Gasteiger partial charge is 0.397 e. The van der Waals surface area contributed by atoms with Gasteiger partial charge >= 0.3 is 0 Å². The molecule has 6 heteroatoms. The first-order valence-electron chi connectivity index (χ1n) is 7.57. The van der Waals surface area contributed by atoms with Gasteiger partial charge in [0.15, 0.2) is 5.69 Å². The van der Waals surface area contributed by atoms with Crippen LogP contribution in [0.25, 0.3) is 5.69 Å². The minimum atomic E-state index is -0.201. The molecule has 2 aromatic rings. The number of rotatable bonds is 2. The van der Waals surface area contributed by atoms with Crippen LogP contribution in [-0.2, 0) is 7.05 Å². The van der Waals surface area contributed by atoms with Gasteiger partial charge < -0.3 is 11.1 Å². The van der Waals surface area contributed by atoms with Gasteiger partial charge in [-0.2, -0.15) is 0 Å². The van der Waals surface area contributed by atoms with Crippen molar-refractivity contribution in [2.24, 2.45) is 17.8 Å². The molecule has 0 spiro atoms. The number of hydrogen-bond donors (Lipinski definition) is 2. The second-order valence-corrected chi connectivity index (χ2v) is 5.75. The fourth-order valence-corrected chi connectivity index (χ4v) is 2.61. The summed E-state index contributed by atoms with van der Waals surface area (Å²) in [4.78, 5) is 17.3. The molecule has 0 fully saturated rings. The third kappa shape index (κ3) is 2.52. The second kappa shape index (κ2) is 5.81. The summed E-state index contributed by atoms with van der Waals surface area (Å²) in [7, 11) is 1.82. The number of hydrogen-bond acceptors (Lipinski definition) is 4. The normalized spacial score (nSPS) is 16.3. The third-order valence-corrected chi connectivity index (χ3v) is 4.13. The van der Waals surface area contributed by atoms with Crippen LogP contribution >= 0.6 is 0 Å². The predicted octanol–water partition coefficient (Wildman–Crippen LogP) is 2.38. The second-order valence-electron chi connectivity index (χ2n) is 5.75. The van der Waals surface area contributed by atoms with Gasteiger partial charge in [-0.1, -0.05) is 18.2 Å². The van der Waals surface area contributed by atoms with Crippen LogP contribution in [0.15, 0.2) is 63.5 Å². The number of aliphatic imine (C=N–C) groups is 1. The summed E-state index contributed by atoms with van der Waals surface area (Å²) >= 11 is 0. The van der Waals surface area contributed by atoms with Crippen LogP contribution < -0.4 is 11.3 Å². The van der Waals surface area contributed by atoms with Crippen LogP contribution in [0, 0.1) is 12.3 Å². The fraction of sp³-hybridized carbons (Fsp3) is 0.167. The minimum Gasteiger partial charge on any atom is -0.397 e. The van der Waals surface area contributed by atoms with E-state index in [0.717, 1.165) is 17.0 Å². The van der Waals surface area contributed by atoms with E-state index in [1.54, 1.807) is 21.5 Å². The van der Waals surface area contributed by atoms with E-state index < -0.39 is 0 Å². The highest BCUT2D eigenvalue weighted by Crippen LogP contribution is 2.19. The summed E-state index contributed by atoms with van der Waals surface area (Å²) in [5.74, 6) is 0. The zero-order valence-corrected chi connectivity index (χ0v) is 13.9. The molecular formula is C18H19N5O. The number of benzene rings is 1. The summed E-state index contributed by atoms with van der Waals surface area (Å²) in [5.41, 5.74) is 9.66. The van der Waals surface area contributed by atoms with Crippen molar-refractivity contribution in [3.63, 3.8) is 0 Å². The van der Waals surface area contributed by atoms with Crippen molar-refractivity contribution in [2.45, 2.75) is 13.8 Å². The first-order chi connectivity index (χ1) is 11.4. The van der Waals surface area contributed by atoms with Crippen molar-refractivity contribution in [3.8, 4) is 5.69 Å². The standard InChI is InChI=1S/C18H19N5O/c1-11-9-16(15(20)10-14(11)19)21-17-12(2)22(3)23(18(17)24)13-7-5-4-6-8-13/h4-10,19H,20H2,1-3H3. The predicted molar refractivity (Wildman–Crippen MR) is 96.6 cm³/mol. The van der Waals surface area contributed by atoms with E-state index in [4.69, 9.17) is 11.1 Å². The Balaban J connectivity index is 2.18. The lowest BCUT2D eigenvalue weighted by atomic mass is 10.0. The first kappa shape index (κ1) is 15.7. The molecule has 1 aromatic carbocycles. The Morgan fingerprint density at radius 1 is 1.12 bits per heavy atom. The molecule has 0 amide bonds. The Morgan fingerprint density at radius 3 is 2.46 bits per heavy atom. The van der Waals surface area contributed by atoms with E-state index in [1.807, 2.05) is 51.2 Å². The monoisotopic (exact) mass is 321 g/mol. The number of nitrogens with two attached hydrogens (primary N) is 1. The zero-order valence-electron chi connectivity index (χ0n) is 13.9. The van der Waals surface area contributed by atoms with Crippen LogP contribution in [-0.4, -0.2) is 20.8 Å². The van der Waals surface area contributed by atoms with Crippen molar-refractivity contribution in [3.05, 3.63) is 69.8 Å². The van der Waals surface area contributed by atoms with E-state index in [-0.39, 0.29) is 5.56 Å². The Hall–Kier alpha value is -3.15. The molecule has 1 aliphatic rings. The van der Waals surface area contributed by atoms with Crippen LogP contribution in [0.2, 0.25) is 0 Å². The fourth-order valence-electron chi connectivity index (χ4n) is 2.61.